The quantitative estimate of drug-likeness (QED) is 0.722. The number of carbonyl (C=O) groups is 1. The average Bonchev–Trinajstić information content (AvgIpc) is 2.40. The van der Waals surface area contributed by atoms with Crippen molar-refractivity contribution in [3.05, 3.63) is 0 Å². The van der Waals surface area contributed by atoms with Gasteiger partial charge in [0.15, 0.2) is 0 Å². The van der Waals surface area contributed by atoms with E-state index in [9.17, 15) is 4.79 Å². The summed E-state index contributed by atoms with van der Waals surface area (Å²) in [6.07, 6.45) is 7.75. The standard InChI is InChI=1S/C15H30N2O/c1-3-5-12-17(15(18)6-4-2)13-9-14-7-10-16-11-8-14/h14,16H,3-13H2,1-2H3. The SMILES string of the molecule is CCCCN(CCC1CCNCC1)C(=O)CCC. The fourth-order valence-corrected chi connectivity index (χ4v) is 2.59. The normalized spacial score (nSPS) is 16.8. The minimum Gasteiger partial charge on any atom is -0.343 e. The summed E-state index contributed by atoms with van der Waals surface area (Å²) in [7, 11) is 0. The predicted molar refractivity (Wildman–Crippen MR) is 76.6 cm³/mol. The molecule has 0 spiro atoms. The summed E-state index contributed by atoms with van der Waals surface area (Å²) in [5.41, 5.74) is 0. The third kappa shape index (κ3) is 5.85. The Morgan fingerprint density at radius 1 is 1.17 bits per heavy atom. The molecule has 0 aromatic heterocycles. The number of piperidine rings is 1. The van der Waals surface area contributed by atoms with Crippen molar-refractivity contribution in [3.8, 4) is 0 Å². The predicted octanol–water partition coefficient (Wildman–Crippen LogP) is 2.80. The number of amides is 1. The van der Waals surface area contributed by atoms with Gasteiger partial charge in [0.2, 0.25) is 5.91 Å². The molecular weight excluding hydrogens is 224 g/mol. The third-order valence-corrected chi connectivity index (χ3v) is 3.86. The molecule has 0 aromatic carbocycles. The van der Waals surface area contributed by atoms with Crippen LogP contribution in [0.2, 0.25) is 0 Å². The second-order valence-corrected chi connectivity index (χ2v) is 5.47. The van der Waals surface area contributed by atoms with Crippen molar-refractivity contribution in [1.82, 2.24) is 10.2 Å². The summed E-state index contributed by atoms with van der Waals surface area (Å²) in [4.78, 5) is 14.1. The number of unbranched alkanes of at least 4 members (excludes halogenated alkanes) is 1. The lowest BCUT2D eigenvalue weighted by atomic mass is 9.94. The van der Waals surface area contributed by atoms with Gasteiger partial charge in [-0.1, -0.05) is 20.3 Å². The Morgan fingerprint density at radius 3 is 2.50 bits per heavy atom. The summed E-state index contributed by atoms with van der Waals surface area (Å²) in [5, 5.41) is 3.40. The minimum absolute atomic E-state index is 0.361. The van der Waals surface area contributed by atoms with Gasteiger partial charge in [-0.3, -0.25) is 4.79 Å². The molecule has 3 nitrogen and oxygen atoms in total. The van der Waals surface area contributed by atoms with Gasteiger partial charge in [0.25, 0.3) is 0 Å². The van der Waals surface area contributed by atoms with Gasteiger partial charge in [-0.15, -0.1) is 0 Å². The average molecular weight is 254 g/mol. The number of nitrogens with zero attached hydrogens (tertiary/aromatic N) is 1. The van der Waals surface area contributed by atoms with Gasteiger partial charge in [0.1, 0.15) is 0 Å². The monoisotopic (exact) mass is 254 g/mol. The molecule has 0 aromatic rings. The van der Waals surface area contributed by atoms with Crippen molar-refractivity contribution in [3.63, 3.8) is 0 Å². The first-order valence-electron chi connectivity index (χ1n) is 7.76. The summed E-state index contributed by atoms with van der Waals surface area (Å²) in [6, 6.07) is 0. The number of hydrogen-bond donors (Lipinski definition) is 1. The first-order chi connectivity index (χ1) is 8.77. The van der Waals surface area contributed by atoms with Gasteiger partial charge in [-0.25, -0.2) is 0 Å². The second-order valence-electron chi connectivity index (χ2n) is 5.47. The van der Waals surface area contributed by atoms with Gasteiger partial charge < -0.3 is 10.2 Å². The third-order valence-electron chi connectivity index (χ3n) is 3.86. The number of rotatable bonds is 8. The molecule has 0 atom stereocenters. The van der Waals surface area contributed by atoms with E-state index in [-0.39, 0.29) is 0 Å². The van der Waals surface area contributed by atoms with E-state index in [4.69, 9.17) is 0 Å². The van der Waals surface area contributed by atoms with Gasteiger partial charge >= 0.3 is 0 Å². The van der Waals surface area contributed by atoms with Crippen LogP contribution < -0.4 is 5.32 Å². The number of nitrogens with one attached hydrogen (secondary N) is 1. The van der Waals surface area contributed by atoms with Crippen LogP contribution in [-0.2, 0) is 4.79 Å². The van der Waals surface area contributed by atoms with Crippen molar-refractivity contribution in [2.24, 2.45) is 5.92 Å². The summed E-state index contributed by atoms with van der Waals surface area (Å²) < 4.78 is 0. The van der Waals surface area contributed by atoms with E-state index in [2.05, 4.69) is 24.1 Å². The zero-order valence-corrected chi connectivity index (χ0v) is 12.2. The lowest BCUT2D eigenvalue weighted by molar-refractivity contribution is -0.131. The smallest absolute Gasteiger partial charge is 0.222 e. The van der Waals surface area contributed by atoms with Crippen molar-refractivity contribution < 1.29 is 4.79 Å². The molecule has 0 aliphatic carbocycles. The molecule has 106 valence electrons. The Balaban J connectivity index is 2.31. The van der Waals surface area contributed by atoms with Crippen LogP contribution in [-0.4, -0.2) is 37.0 Å². The van der Waals surface area contributed by atoms with Crippen LogP contribution >= 0.6 is 0 Å². The first kappa shape index (κ1) is 15.5. The summed E-state index contributed by atoms with van der Waals surface area (Å²) in [6.45, 7) is 8.52. The fraction of sp³-hybridized carbons (Fsp3) is 0.933. The van der Waals surface area contributed by atoms with Gasteiger partial charge in [0.05, 0.1) is 0 Å². The molecule has 1 heterocycles. The zero-order valence-electron chi connectivity index (χ0n) is 12.2. The highest BCUT2D eigenvalue weighted by atomic mass is 16.2. The van der Waals surface area contributed by atoms with Crippen LogP contribution in [0.25, 0.3) is 0 Å². The molecule has 18 heavy (non-hydrogen) atoms. The maximum Gasteiger partial charge on any atom is 0.222 e. The van der Waals surface area contributed by atoms with Gasteiger partial charge in [-0.05, 0) is 51.1 Å². The van der Waals surface area contributed by atoms with E-state index >= 15 is 0 Å². The highest BCUT2D eigenvalue weighted by Crippen LogP contribution is 2.17. The van der Waals surface area contributed by atoms with Crippen LogP contribution in [0.15, 0.2) is 0 Å². The number of hydrogen-bond acceptors (Lipinski definition) is 2. The van der Waals surface area contributed by atoms with Crippen LogP contribution in [0.4, 0.5) is 0 Å². The highest BCUT2D eigenvalue weighted by Gasteiger charge is 2.17. The Bertz CT molecular complexity index is 225. The molecule has 1 rings (SSSR count). The van der Waals surface area contributed by atoms with Crippen molar-refractivity contribution >= 4 is 5.91 Å². The van der Waals surface area contributed by atoms with E-state index in [0.29, 0.717) is 5.91 Å². The van der Waals surface area contributed by atoms with Crippen LogP contribution in [0.5, 0.6) is 0 Å². The Hall–Kier alpha value is -0.570. The zero-order chi connectivity index (χ0) is 13.2. The highest BCUT2D eigenvalue weighted by molar-refractivity contribution is 5.76. The molecule has 1 aliphatic heterocycles. The lowest BCUT2D eigenvalue weighted by Gasteiger charge is -2.27. The molecule has 3 heteroatoms. The summed E-state index contributed by atoms with van der Waals surface area (Å²) in [5.74, 6) is 1.18. The van der Waals surface area contributed by atoms with Gasteiger partial charge in [0, 0.05) is 19.5 Å². The van der Waals surface area contributed by atoms with Crippen molar-refractivity contribution in [1.29, 1.82) is 0 Å². The van der Waals surface area contributed by atoms with Crippen molar-refractivity contribution in [2.45, 2.75) is 58.8 Å². The van der Waals surface area contributed by atoms with E-state index in [1.807, 2.05) is 0 Å². The Morgan fingerprint density at radius 2 is 1.89 bits per heavy atom. The second kappa shape index (κ2) is 9.37. The van der Waals surface area contributed by atoms with Crippen LogP contribution in [0.1, 0.15) is 58.8 Å². The molecule has 0 saturated carbocycles. The van der Waals surface area contributed by atoms with E-state index in [1.165, 1.54) is 25.7 Å². The van der Waals surface area contributed by atoms with Crippen LogP contribution in [0.3, 0.4) is 0 Å². The largest absolute Gasteiger partial charge is 0.343 e. The molecule has 0 radical (unpaired) electrons. The van der Waals surface area contributed by atoms with E-state index < -0.39 is 0 Å². The summed E-state index contributed by atoms with van der Waals surface area (Å²) >= 11 is 0. The maximum atomic E-state index is 12.0. The van der Waals surface area contributed by atoms with E-state index in [0.717, 1.165) is 51.4 Å². The van der Waals surface area contributed by atoms with Gasteiger partial charge in [-0.2, -0.15) is 0 Å². The molecule has 1 saturated heterocycles. The minimum atomic E-state index is 0.361. The molecule has 1 N–H and O–H groups in total. The number of carbonyl (C=O) groups excluding carboxylic acids is 1. The molecular formula is C15H30N2O. The van der Waals surface area contributed by atoms with Crippen LogP contribution in [0, 0.1) is 5.92 Å². The molecule has 0 unspecified atom stereocenters. The van der Waals surface area contributed by atoms with Crippen molar-refractivity contribution in [2.75, 3.05) is 26.2 Å². The maximum absolute atomic E-state index is 12.0. The molecule has 1 amide bonds. The molecule has 1 aliphatic rings. The lowest BCUT2D eigenvalue weighted by Crippen LogP contribution is -2.35. The fourth-order valence-electron chi connectivity index (χ4n) is 2.59. The molecule has 1 fully saturated rings. The first-order valence-corrected chi connectivity index (χ1v) is 7.76. The Labute approximate surface area is 112 Å². The van der Waals surface area contributed by atoms with E-state index in [1.54, 1.807) is 0 Å². The molecule has 0 bridgehead atoms. The Kier molecular flexibility index (Phi) is 8.06. The topological polar surface area (TPSA) is 32.3 Å².